The van der Waals surface area contributed by atoms with Crippen LogP contribution in [0.3, 0.4) is 0 Å². The summed E-state index contributed by atoms with van der Waals surface area (Å²) in [6, 6.07) is -10.5. The van der Waals surface area contributed by atoms with Crippen molar-refractivity contribution >= 4 is 65.4 Å². The number of carboxylic acid groups (broad SMARTS) is 6. The zero-order valence-electron chi connectivity index (χ0n) is 24.7. The second-order valence-corrected chi connectivity index (χ2v) is 10.3. The number of hydrogen-bond acceptors (Lipinski definition) is 12. The predicted octanol–water partition coefficient (Wildman–Crippen LogP) is -5.39. The Morgan fingerprint density at radius 2 is 0.660 bits per heavy atom. The van der Waals surface area contributed by atoms with Gasteiger partial charge in [0, 0.05) is 0 Å². The Balaban J connectivity index is 6.20. The highest BCUT2D eigenvalue weighted by Gasteiger charge is 2.36. The molecule has 0 aromatic heterocycles. The molecule has 23 heteroatoms. The molecular formula is C24H34N6O17. The molecule has 5 amide bonds. The summed E-state index contributed by atoms with van der Waals surface area (Å²) >= 11 is 0. The number of carboxylic acids is 6. The standard InChI is InChI=1S/C24H34N6O17/c1-24(2,25)23(47)30-11(6-16(37)38)21(44)28-9(4-14(33)34)19(42)26-8(3-13(31)32)18(41)27-10(5-15(35)36)20(43)29-12(22(45)46)7-17(39)40/h8-12H,3-7,25H2,1-2H3,(H,26,42)(H,27,41)(H,28,44)(H,29,43)(H,30,47)(H,31,32)(H,33,34)(H,35,36)(H,37,38)(H,39,40)(H,45,46). The van der Waals surface area contributed by atoms with E-state index in [1.54, 1.807) is 16.0 Å². The molecule has 0 saturated heterocycles. The molecule has 23 nitrogen and oxygen atoms in total. The molecule has 0 fully saturated rings. The summed E-state index contributed by atoms with van der Waals surface area (Å²) in [5.41, 5.74) is 3.99. The number of nitrogens with one attached hydrogen (secondary N) is 5. The van der Waals surface area contributed by atoms with Gasteiger partial charge in [0.15, 0.2) is 0 Å². The van der Waals surface area contributed by atoms with Gasteiger partial charge in [-0.2, -0.15) is 0 Å². The van der Waals surface area contributed by atoms with Crippen LogP contribution < -0.4 is 32.3 Å². The largest absolute Gasteiger partial charge is 0.481 e. The minimum atomic E-state index is -2.21. The second-order valence-electron chi connectivity index (χ2n) is 10.3. The minimum absolute atomic E-state index is 1.02. The third-order valence-corrected chi connectivity index (χ3v) is 5.61. The first-order valence-electron chi connectivity index (χ1n) is 13.1. The lowest BCUT2D eigenvalue weighted by molar-refractivity contribution is -0.148. The van der Waals surface area contributed by atoms with Crippen molar-refractivity contribution in [3.05, 3.63) is 0 Å². The molecule has 0 aliphatic heterocycles. The highest BCUT2D eigenvalue weighted by atomic mass is 16.4. The maximum absolute atomic E-state index is 13.0. The van der Waals surface area contributed by atoms with Crippen LogP contribution in [-0.4, -0.2) is 132 Å². The number of hydrogen-bond donors (Lipinski definition) is 12. The van der Waals surface area contributed by atoms with Gasteiger partial charge >= 0.3 is 35.8 Å². The summed E-state index contributed by atoms with van der Waals surface area (Å²) in [4.78, 5) is 131. The van der Waals surface area contributed by atoms with Crippen molar-refractivity contribution in [1.29, 1.82) is 0 Å². The molecule has 0 aromatic rings. The van der Waals surface area contributed by atoms with Gasteiger partial charge in [0.1, 0.15) is 30.2 Å². The van der Waals surface area contributed by atoms with E-state index in [1.165, 1.54) is 13.8 Å². The lowest BCUT2D eigenvalue weighted by atomic mass is 10.0. The molecule has 47 heavy (non-hydrogen) atoms. The van der Waals surface area contributed by atoms with Crippen molar-refractivity contribution in [1.82, 2.24) is 26.6 Å². The van der Waals surface area contributed by atoms with Gasteiger partial charge in [0.25, 0.3) is 0 Å². The average molecular weight is 679 g/mol. The Morgan fingerprint density at radius 3 is 0.872 bits per heavy atom. The van der Waals surface area contributed by atoms with E-state index in [1.807, 2.05) is 10.6 Å². The van der Waals surface area contributed by atoms with Gasteiger partial charge in [-0.15, -0.1) is 0 Å². The Kier molecular flexibility index (Phi) is 15.9. The van der Waals surface area contributed by atoms with Crippen LogP contribution in [0.2, 0.25) is 0 Å². The van der Waals surface area contributed by atoms with Gasteiger partial charge in [0.2, 0.25) is 29.5 Å². The highest BCUT2D eigenvalue weighted by Crippen LogP contribution is 2.05. The van der Waals surface area contributed by atoms with Crippen molar-refractivity contribution < 1.29 is 83.4 Å². The SMILES string of the molecule is CC(C)(N)C(=O)NC(CC(=O)O)C(=O)NC(CC(=O)O)C(=O)NC(CC(=O)O)C(=O)NC(CC(=O)O)C(=O)NC(CC(=O)O)C(=O)O. The van der Waals surface area contributed by atoms with E-state index in [-0.39, 0.29) is 0 Å². The van der Waals surface area contributed by atoms with E-state index in [0.29, 0.717) is 0 Å². The molecule has 0 aromatic carbocycles. The molecule has 0 spiro atoms. The smallest absolute Gasteiger partial charge is 0.326 e. The van der Waals surface area contributed by atoms with E-state index >= 15 is 0 Å². The molecule has 0 rings (SSSR count). The number of carbonyl (C=O) groups is 11. The van der Waals surface area contributed by atoms with Gasteiger partial charge in [-0.1, -0.05) is 0 Å². The van der Waals surface area contributed by atoms with Crippen molar-refractivity contribution in [2.45, 2.75) is 81.7 Å². The van der Waals surface area contributed by atoms with E-state index in [9.17, 15) is 63.0 Å². The minimum Gasteiger partial charge on any atom is -0.481 e. The Bertz CT molecular complexity index is 1290. The quantitative estimate of drug-likeness (QED) is 0.0539. The van der Waals surface area contributed by atoms with E-state index < -0.39 is 133 Å². The predicted molar refractivity (Wildman–Crippen MR) is 147 cm³/mol. The Labute approximate surface area is 263 Å². The summed E-state index contributed by atoms with van der Waals surface area (Å²) in [5.74, 6) is -17.5. The third-order valence-electron chi connectivity index (χ3n) is 5.61. The molecule has 0 heterocycles. The Morgan fingerprint density at radius 1 is 0.447 bits per heavy atom. The lowest BCUT2D eigenvalue weighted by Crippen LogP contribution is -2.61. The first-order valence-corrected chi connectivity index (χ1v) is 13.1. The summed E-state index contributed by atoms with van der Waals surface area (Å²) in [6.07, 6.45) is -6.00. The van der Waals surface area contributed by atoms with E-state index in [0.717, 1.165) is 0 Å². The summed E-state index contributed by atoms with van der Waals surface area (Å²) in [5, 5.41) is 63.8. The van der Waals surface area contributed by atoms with Crippen LogP contribution in [0.25, 0.3) is 0 Å². The van der Waals surface area contributed by atoms with Crippen molar-refractivity contribution in [2.75, 3.05) is 0 Å². The van der Waals surface area contributed by atoms with Gasteiger partial charge in [-0.25, -0.2) is 4.79 Å². The zero-order chi connectivity index (χ0) is 36.8. The maximum atomic E-state index is 13.0. The molecule has 0 bridgehead atoms. The topological polar surface area (TPSA) is 395 Å². The van der Waals surface area contributed by atoms with Crippen LogP contribution in [0.4, 0.5) is 0 Å². The number of nitrogens with two attached hydrogens (primary N) is 1. The lowest BCUT2D eigenvalue weighted by Gasteiger charge is -2.26. The van der Waals surface area contributed by atoms with Gasteiger partial charge in [-0.05, 0) is 13.8 Å². The fraction of sp³-hybridized carbons (Fsp3) is 0.542. The first kappa shape index (κ1) is 41.1. The summed E-state index contributed by atoms with van der Waals surface area (Å²) in [6.45, 7) is 2.41. The molecule has 262 valence electrons. The van der Waals surface area contributed by atoms with E-state index in [4.69, 9.17) is 26.2 Å². The van der Waals surface area contributed by atoms with Crippen LogP contribution in [0.5, 0.6) is 0 Å². The molecule has 5 unspecified atom stereocenters. The number of carbonyl (C=O) groups excluding carboxylic acids is 5. The molecule has 0 aliphatic rings. The van der Waals surface area contributed by atoms with Crippen molar-refractivity contribution in [3.63, 3.8) is 0 Å². The molecule has 13 N–H and O–H groups in total. The van der Waals surface area contributed by atoms with Crippen molar-refractivity contribution in [3.8, 4) is 0 Å². The average Bonchev–Trinajstić information content (AvgIpc) is 2.88. The number of rotatable bonds is 21. The highest BCUT2D eigenvalue weighted by molar-refractivity contribution is 6.00. The normalized spacial score (nSPS) is 14.0. The first-order chi connectivity index (χ1) is 21.4. The van der Waals surface area contributed by atoms with Crippen LogP contribution in [0.15, 0.2) is 0 Å². The fourth-order valence-electron chi connectivity index (χ4n) is 3.34. The molecule has 0 aliphatic carbocycles. The van der Waals surface area contributed by atoms with Gasteiger partial charge < -0.3 is 63.0 Å². The maximum Gasteiger partial charge on any atom is 0.326 e. The van der Waals surface area contributed by atoms with Crippen LogP contribution in [0, 0.1) is 0 Å². The molecular weight excluding hydrogens is 644 g/mol. The van der Waals surface area contributed by atoms with E-state index in [2.05, 4.69) is 0 Å². The Hall–Kier alpha value is -5.87. The van der Waals surface area contributed by atoms with Crippen LogP contribution in [0.1, 0.15) is 46.0 Å². The van der Waals surface area contributed by atoms with Gasteiger partial charge in [-0.3, -0.25) is 47.9 Å². The summed E-state index contributed by atoms with van der Waals surface area (Å²) < 4.78 is 0. The number of amides is 5. The molecule has 0 radical (unpaired) electrons. The fourth-order valence-corrected chi connectivity index (χ4v) is 3.34. The van der Waals surface area contributed by atoms with Crippen molar-refractivity contribution in [2.24, 2.45) is 5.73 Å². The van der Waals surface area contributed by atoms with Crippen LogP contribution >= 0.6 is 0 Å². The second kappa shape index (κ2) is 18.2. The van der Waals surface area contributed by atoms with Crippen LogP contribution in [-0.2, 0) is 52.7 Å². The number of aliphatic carboxylic acids is 6. The molecule has 5 atom stereocenters. The third kappa shape index (κ3) is 16.1. The monoisotopic (exact) mass is 678 g/mol. The zero-order valence-corrected chi connectivity index (χ0v) is 24.7. The molecule has 0 saturated carbocycles. The van der Waals surface area contributed by atoms with Gasteiger partial charge in [0.05, 0.1) is 37.6 Å². The summed E-state index contributed by atoms with van der Waals surface area (Å²) in [7, 11) is 0.